The van der Waals surface area contributed by atoms with Crippen molar-refractivity contribution in [1.29, 1.82) is 0 Å². The van der Waals surface area contributed by atoms with E-state index >= 15 is 0 Å². The number of halogens is 2. The van der Waals surface area contributed by atoms with Crippen LogP contribution in [0.5, 0.6) is 0 Å². The Balaban J connectivity index is 2.14. The van der Waals surface area contributed by atoms with Gasteiger partial charge in [-0.15, -0.1) is 0 Å². The fraction of sp³-hybridized carbons (Fsp3) is 0.0714. The molecule has 0 aliphatic heterocycles. The van der Waals surface area contributed by atoms with Crippen molar-refractivity contribution in [3.8, 4) is 0 Å². The van der Waals surface area contributed by atoms with Crippen LogP contribution in [0.15, 0.2) is 53.4 Å². The summed E-state index contributed by atoms with van der Waals surface area (Å²) in [7, 11) is -4.04. The zero-order chi connectivity index (χ0) is 15.5. The number of carbonyl (C=O) groups excluding carboxylic acids is 1. The first kappa shape index (κ1) is 15.5. The average Bonchev–Trinajstić information content (AvgIpc) is 2.38. The van der Waals surface area contributed by atoms with Crippen molar-refractivity contribution < 1.29 is 17.6 Å². The maximum atomic E-state index is 13.5. The number of amides is 1. The lowest BCUT2D eigenvalue weighted by atomic mass is 10.3. The molecule has 2 rings (SSSR count). The van der Waals surface area contributed by atoms with Gasteiger partial charge < -0.3 is 5.32 Å². The van der Waals surface area contributed by atoms with E-state index in [9.17, 15) is 17.6 Å². The molecule has 0 spiro atoms. The molecule has 0 atom stereocenters. The summed E-state index contributed by atoms with van der Waals surface area (Å²) in [5, 5.41) is 2.81. The maximum Gasteiger partial charge on any atom is 0.239 e. The van der Waals surface area contributed by atoms with Crippen molar-refractivity contribution in [2.45, 2.75) is 4.90 Å². The van der Waals surface area contributed by atoms with Crippen LogP contribution >= 0.6 is 11.6 Å². The van der Waals surface area contributed by atoms with Gasteiger partial charge in [-0.25, -0.2) is 12.8 Å². The van der Waals surface area contributed by atoms with Crippen LogP contribution in [0.1, 0.15) is 0 Å². The van der Waals surface area contributed by atoms with Crippen LogP contribution in [-0.2, 0) is 14.6 Å². The quantitative estimate of drug-likeness (QED) is 0.939. The molecule has 7 heteroatoms. The Bertz CT molecular complexity index is 777. The van der Waals surface area contributed by atoms with Gasteiger partial charge in [0.25, 0.3) is 0 Å². The van der Waals surface area contributed by atoms with E-state index in [0.717, 1.165) is 12.1 Å². The van der Waals surface area contributed by atoms with E-state index < -0.39 is 32.2 Å². The minimum atomic E-state index is -4.04. The largest absolute Gasteiger partial charge is 0.325 e. The molecular formula is C14H11ClFNO3S. The minimum absolute atomic E-state index is 0.372. The molecule has 2 aromatic rings. The molecule has 1 N–H and O–H groups in total. The Labute approximate surface area is 126 Å². The lowest BCUT2D eigenvalue weighted by Gasteiger charge is -2.07. The molecule has 1 amide bonds. The Morgan fingerprint density at radius 2 is 1.86 bits per heavy atom. The van der Waals surface area contributed by atoms with E-state index in [1.807, 2.05) is 0 Å². The second-order valence-corrected chi connectivity index (χ2v) is 6.64. The number of anilines is 1. The highest BCUT2D eigenvalue weighted by Crippen LogP contribution is 2.17. The summed E-state index contributed by atoms with van der Waals surface area (Å²) in [4.78, 5) is 11.3. The van der Waals surface area contributed by atoms with Crippen molar-refractivity contribution in [3.05, 3.63) is 59.4 Å². The highest BCUT2D eigenvalue weighted by molar-refractivity contribution is 7.92. The number of sulfone groups is 1. The predicted molar refractivity (Wildman–Crippen MR) is 78.5 cm³/mol. The van der Waals surface area contributed by atoms with Gasteiger partial charge in [0.05, 0.1) is 0 Å². The molecule has 0 saturated heterocycles. The lowest BCUT2D eigenvalue weighted by molar-refractivity contribution is -0.113. The molecule has 0 aliphatic rings. The zero-order valence-corrected chi connectivity index (χ0v) is 12.3. The molecule has 0 fully saturated rings. The molecule has 0 bridgehead atoms. The number of rotatable bonds is 4. The number of hydrogen-bond acceptors (Lipinski definition) is 3. The molecule has 110 valence electrons. The molecule has 2 aromatic carbocycles. The Morgan fingerprint density at radius 1 is 1.14 bits per heavy atom. The summed E-state index contributed by atoms with van der Waals surface area (Å²) >= 11 is 5.76. The topological polar surface area (TPSA) is 63.2 Å². The fourth-order valence-electron chi connectivity index (χ4n) is 1.71. The predicted octanol–water partition coefficient (Wildman–Crippen LogP) is 2.89. The van der Waals surface area contributed by atoms with Gasteiger partial charge in [-0.3, -0.25) is 4.79 Å². The number of hydrogen-bond donors (Lipinski definition) is 1. The van der Waals surface area contributed by atoms with Gasteiger partial charge >= 0.3 is 0 Å². The van der Waals surface area contributed by atoms with Crippen LogP contribution in [0.4, 0.5) is 10.1 Å². The third kappa shape index (κ3) is 4.03. The highest BCUT2D eigenvalue weighted by Gasteiger charge is 2.22. The standard InChI is InChI=1S/C14H11ClFNO3S/c15-10-4-3-5-11(8-10)17-14(18)9-21(19,20)13-7-2-1-6-12(13)16/h1-8H,9H2,(H,17,18). The summed E-state index contributed by atoms with van der Waals surface area (Å²) in [6.45, 7) is 0. The molecule has 0 heterocycles. The fourth-order valence-corrected chi connectivity index (χ4v) is 3.12. The van der Waals surface area contributed by atoms with Crippen LogP contribution < -0.4 is 5.32 Å². The molecule has 21 heavy (non-hydrogen) atoms. The van der Waals surface area contributed by atoms with Crippen LogP contribution in [0, 0.1) is 5.82 Å². The SMILES string of the molecule is O=C(CS(=O)(=O)c1ccccc1F)Nc1cccc(Cl)c1. The second kappa shape index (κ2) is 6.24. The maximum absolute atomic E-state index is 13.5. The van der Waals surface area contributed by atoms with Gasteiger partial charge in [-0.2, -0.15) is 0 Å². The molecule has 0 aliphatic carbocycles. The van der Waals surface area contributed by atoms with Crippen molar-refractivity contribution in [3.63, 3.8) is 0 Å². The van der Waals surface area contributed by atoms with E-state index in [1.54, 1.807) is 18.2 Å². The van der Waals surface area contributed by atoms with Gasteiger partial charge in [-0.05, 0) is 30.3 Å². The molecule has 0 saturated carbocycles. The Morgan fingerprint density at radius 3 is 2.52 bits per heavy atom. The average molecular weight is 328 g/mol. The van der Waals surface area contributed by atoms with Crippen molar-refractivity contribution in [2.24, 2.45) is 0 Å². The first-order valence-corrected chi connectivity index (χ1v) is 7.94. The summed E-state index contributed by atoms with van der Waals surface area (Å²) in [6, 6.07) is 11.2. The van der Waals surface area contributed by atoms with Gasteiger partial charge in [-0.1, -0.05) is 29.8 Å². The van der Waals surface area contributed by atoms with E-state index in [-0.39, 0.29) is 0 Å². The summed E-state index contributed by atoms with van der Waals surface area (Å²) < 4.78 is 37.5. The van der Waals surface area contributed by atoms with Gasteiger partial charge in [0.15, 0.2) is 9.84 Å². The summed E-state index contributed by atoms with van der Waals surface area (Å²) in [5.41, 5.74) is 0.372. The molecule has 0 unspecified atom stereocenters. The van der Waals surface area contributed by atoms with Crippen molar-refractivity contribution >= 4 is 33.0 Å². The molecule has 0 radical (unpaired) electrons. The molecule has 4 nitrogen and oxygen atoms in total. The highest BCUT2D eigenvalue weighted by atomic mass is 35.5. The zero-order valence-electron chi connectivity index (χ0n) is 10.7. The number of nitrogens with one attached hydrogen (secondary N) is 1. The first-order chi connectivity index (χ1) is 9.88. The summed E-state index contributed by atoms with van der Waals surface area (Å²) in [6.07, 6.45) is 0. The monoisotopic (exact) mass is 327 g/mol. The smallest absolute Gasteiger partial charge is 0.239 e. The van der Waals surface area contributed by atoms with Crippen molar-refractivity contribution in [2.75, 3.05) is 11.1 Å². The number of carbonyl (C=O) groups is 1. The molecular weight excluding hydrogens is 317 g/mol. The minimum Gasteiger partial charge on any atom is -0.325 e. The van der Waals surface area contributed by atoms with E-state index in [0.29, 0.717) is 10.7 Å². The Hall–Kier alpha value is -1.92. The van der Waals surface area contributed by atoms with Crippen LogP contribution in [0.25, 0.3) is 0 Å². The van der Waals surface area contributed by atoms with E-state index in [4.69, 9.17) is 11.6 Å². The Kier molecular flexibility index (Phi) is 4.59. The van der Waals surface area contributed by atoms with Crippen LogP contribution in [-0.4, -0.2) is 20.1 Å². The summed E-state index contributed by atoms with van der Waals surface area (Å²) in [5.74, 6) is -2.49. The van der Waals surface area contributed by atoms with E-state index in [2.05, 4.69) is 5.32 Å². The van der Waals surface area contributed by atoms with Gasteiger partial charge in [0, 0.05) is 10.7 Å². The third-order valence-electron chi connectivity index (χ3n) is 2.60. The molecule has 0 aromatic heterocycles. The van der Waals surface area contributed by atoms with Crippen LogP contribution in [0.2, 0.25) is 5.02 Å². The second-order valence-electron chi connectivity index (χ2n) is 4.25. The third-order valence-corrected chi connectivity index (χ3v) is 4.48. The van der Waals surface area contributed by atoms with Gasteiger partial charge in [0.1, 0.15) is 16.5 Å². The first-order valence-electron chi connectivity index (χ1n) is 5.91. The van der Waals surface area contributed by atoms with Gasteiger partial charge in [0.2, 0.25) is 5.91 Å². The van der Waals surface area contributed by atoms with Crippen molar-refractivity contribution in [1.82, 2.24) is 0 Å². The normalized spacial score (nSPS) is 11.1. The lowest BCUT2D eigenvalue weighted by Crippen LogP contribution is -2.23. The van der Waals surface area contributed by atoms with Crippen LogP contribution in [0.3, 0.4) is 0 Å². The van der Waals surface area contributed by atoms with E-state index in [1.165, 1.54) is 18.2 Å². The number of benzene rings is 2.